The van der Waals surface area contributed by atoms with Crippen LogP contribution in [0.15, 0.2) is 36.7 Å². The van der Waals surface area contributed by atoms with E-state index in [0.717, 1.165) is 12.0 Å². The summed E-state index contributed by atoms with van der Waals surface area (Å²) >= 11 is 6.10. The molecule has 106 valence electrons. The molecule has 5 nitrogen and oxygen atoms in total. The SMILES string of the molecule is NCCCNC(=O)c1cnn(Cc2ccccc2Cl)c1. The van der Waals surface area contributed by atoms with E-state index in [9.17, 15) is 4.79 Å². The van der Waals surface area contributed by atoms with Gasteiger partial charge in [-0.3, -0.25) is 9.48 Å². The molecule has 0 bridgehead atoms. The van der Waals surface area contributed by atoms with E-state index in [4.69, 9.17) is 17.3 Å². The van der Waals surface area contributed by atoms with E-state index < -0.39 is 0 Å². The van der Waals surface area contributed by atoms with Crippen molar-refractivity contribution in [1.29, 1.82) is 0 Å². The molecule has 2 rings (SSSR count). The number of nitrogens with one attached hydrogen (secondary N) is 1. The highest BCUT2D eigenvalue weighted by Gasteiger charge is 2.08. The minimum absolute atomic E-state index is 0.135. The van der Waals surface area contributed by atoms with Gasteiger partial charge >= 0.3 is 0 Å². The van der Waals surface area contributed by atoms with E-state index in [1.807, 2.05) is 24.3 Å². The lowest BCUT2D eigenvalue weighted by atomic mass is 10.2. The average Bonchev–Trinajstić information content (AvgIpc) is 2.90. The van der Waals surface area contributed by atoms with Crippen LogP contribution in [0.2, 0.25) is 5.02 Å². The van der Waals surface area contributed by atoms with Gasteiger partial charge in [0.05, 0.1) is 18.3 Å². The van der Waals surface area contributed by atoms with Crippen molar-refractivity contribution in [1.82, 2.24) is 15.1 Å². The monoisotopic (exact) mass is 292 g/mol. The minimum atomic E-state index is -0.135. The van der Waals surface area contributed by atoms with Gasteiger partial charge in [0.1, 0.15) is 0 Å². The topological polar surface area (TPSA) is 72.9 Å². The molecule has 1 heterocycles. The van der Waals surface area contributed by atoms with E-state index in [1.54, 1.807) is 17.1 Å². The molecule has 0 saturated carbocycles. The van der Waals surface area contributed by atoms with Crippen molar-refractivity contribution in [2.24, 2.45) is 5.73 Å². The zero-order valence-electron chi connectivity index (χ0n) is 11.1. The molecule has 0 spiro atoms. The van der Waals surface area contributed by atoms with Crippen LogP contribution in [0.5, 0.6) is 0 Å². The van der Waals surface area contributed by atoms with Gasteiger partial charge < -0.3 is 11.1 Å². The standard InChI is InChI=1S/C14H17ClN4O/c15-13-5-2-1-4-11(13)9-19-10-12(8-18-19)14(20)17-7-3-6-16/h1-2,4-5,8,10H,3,6-7,9,16H2,(H,17,20). The maximum absolute atomic E-state index is 11.8. The van der Waals surface area contributed by atoms with Gasteiger partial charge in [0.2, 0.25) is 0 Å². The Bertz CT molecular complexity index is 582. The smallest absolute Gasteiger partial charge is 0.254 e. The van der Waals surface area contributed by atoms with Crippen LogP contribution in [0.25, 0.3) is 0 Å². The summed E-state index contributed by atoms with van der Waals surface area (Å²) in [6.45, 7) is 1.67. The third-order valence-electron chi connectivity index (χ3n) is 2.85. The maximum atomic E-state index is 11.8. The molecule has 2 aromatic rings. The summed E-state index contributed by atoms with van der Waals surface area (Å²) in [4.78, 5) is 11.8. The molecule has 20 heavy (non-hydrogen) atoms. The lowest BCUT2D eigenvalue weighted by Gasteiger charge is -2.04. The number of carbonyl (C=O) groups excluding carboxylic acids is 1. The largest absolute Gasteiger partial charge is 0.352 e. The van der Waals surface area contributed by atoms with Crippen LogP contribution in [0.4, 0.5) is 0 Å². The summed E-state index contributed by atoms with van der Waals surface area (Å²) in [6.07, 6.45) is 4.02. The number of aromatic nitrogens is 2. The third-order valence-corrected chi connectivity index (χ3v) is 3.22. The van der Waals surface area contributed by atoms with Gasteiger partial charge in [-0.15, -0.1) is 0 Å². The van der Waals surface area contributed by atoms with Crippen LogP contribution in [0, 0.1) is 0 Å². The molecule has 0 aliphatic heterocycles. The van der Waals surface area contributed by atoms with E-state index >= 15 is 0 Å². The summed E-state index contributed by atoms with van der Waals surface area (Å²) in [5, 5.41) is 7.66. The first-order valence-corrected chi connectivity index (χ1v) is 6.82. The molecule has 0 saturated heterocycles. The zero-order chi connectivity index (χ0) is 14.4. The van der Waals surface area contributed by atoms with Gasteiger partial charge in [0.15, 0.2) is 0 Å². The van der Waals surface area contributed by atoms with Crippen LogP contribution in [-0.2, 0) is 6.54 Å². The van der Waals surface area contributed by atoms with E-state index in [-0.39, 0.29) is 5.91 Å². The van der Waals surface area contributed by atoms with Crippen molar-refractivity contribution in [3.8, 4) is 0 Å². The number of nitrogens with two attached hydrogens (primary N) is 1. The molecule has 1 aromatic heterocycles. The van der Waals surface area contributed by atoms with Gasteiger partial charge in [0, 0.05) is 17.8 Å². The molecule has 0 atom stereocenters. The summed E-state index contributed by atoms with van der Waals surface area (Å²) in [7, 11) is 0. The lowest BCUT2D eigenvalue weighted by Crippen LogP contribution is -2.25. The molecule has 0 aliphatic carbocycles. The van der Waals surface area contributed by atoms with Gasteiger partial charge in [-0.2, -0.15) is 5.10 Å². The second-order valence-electron chi connectivity index (χ2n) is 4.42. The summed E-state index contributed by atoms with van der Waals surface area (Å²) < 4.78 is 1.69. The highest BCUT2D eigenvalue weighted by Crippen LogP contribution is 2.16. The van der Waals surface area contributed by atoms with Crippen molar-refractivity contribution in [2.75, 3.05) is 13.1 Å². The Morgan fingerprint density at radius 1 is 1.40 bits per heavy atom. The first-order valence-electron chi connectivity index (χ1n) is 6.45. The third kappa shape index (κ3) is 3.82. The number of amides is 1. The van der Waals surface area contributed by atoms with Crippen LogP contribution in [-0.4, -0.2) is 28.8 Å². The quantitative estimate of drug-likeness (QED) is 0.795. The molecule has 0 radical (unpaired) electrons. The fraction of sp³-hybridized carbons (Fsp3) is 0.286. The van der Waals surface area contributed by atoms with Crippen LogP contribution in [0.3, 0.4) is 0 Å². The predicted molar refractivity (Wildman–Crippen MR) is 78.8 cm³/mol. The second-order valence-corrected chi connectivity index (χ2v) is 4.82. The van der Waals surface area contributed by atoms with Crippen molar-refractivity contribution in [3.63, 3.8) is 0 Å². The van der Waals surface area contributed by atoms with Crippen LogP contribution < -0.4 is 11.1 Å². The first kappa shape index (κ1) is 14.6. The van der Waals surface area contributed by atoms with Gasteiger partial charge in [-0.25, -0.2) is 0 Å². The molecule has 0 unspecified atom stereocenters. The minimum Gasteiger partial charge on any atom is -0.352 e. The highest BCUT2D eigenvalue weighted by atomic mass is 35.5. The Balaban J connectivity index is 1.99. The number of nitrogens with zero attached hydrogens (tertiary/aromatic N) is 2. The molecule has 1 aromatic carbocycles. The van der Waals surface area contributed by atoms with Gasteiger partial charge in [0.25, 0.3) is 5.91 Å². The highest BCUT2D eigenvalue weighted by molar-refractivity contribution is 6.31. The fourth-order valence-corrected chi connectivity index (χ4v) is 1.97. The Labute approximate surface area is 122 Å². The van der Waals surface area contributed by atoms with Gasteiger partial charge in [-0.1, -0.05) is 29.8 Å². The summed E-state index contributed by atoms with van der Waals surface area (Å²) in [5.41, 5.74) is 6.88. The molecule has 0 fully saturated rings. The Morgan fingerprint density at radius 3 is 2.95 bits per heavy atom. The van der Waals surface area contributed by atoms with E-state index in [0.29, 0.717) is 30.2 Å². The van der Waals surface area contributed by atoms with Crippen molar-refractivity contribution >= 4 is 17.5 Å². The molecular formula is C14H17ClN4O. The lowest BCUT2D eigenvalue weighted by molar-refractivity contribution is 0.0953. The molecule has 0 aliphatic rings. The number of hydrogen-bond donors (Lipinski definition) is 2. The Hall–Kier alpha value is -1.85. The molecule has 1 amide bonds. The number of hydrogen-bond acceptors (Lipinski definition) is 3. The Kier molecular flexibility index (Phi) is 5.15. The second kappa shape index (κ2) is 7.07. The average molecular weight is 293 g/mol. The normalized spacial score (nSPS) is 10.5. The first-order chi connectivity index (χ1) is 9.70. The van der Waals surface area contributed by atoms with Crippen molar-refractivity contribution in [2.45, 2.75) is 13.0 Å². The Morgan fingerprint density at radius 2 is 2.20 bits per heavy atom. The van der Waals surface area contributed by atoms with Crippen LogP contribution >= 0.6 is 11.6 Å². The number of carbonyl (C=O) groups is 1. The van der Waals surface area contributed by atoms with E-state index in [1.165, 1.54) is 0 Å². The van der Waals surface area contributed by atoms with E-state index in [2.05, 4.69) is 10.4 Å². The summed E-state index contributed by atoms with van der Waals surface area (Å²) in [6, 6.07) is 7.57. The van der Waals surface area contributed by atoms with Gasteiger partial charge in [-0.05, 0) is 24.6 Å². The zero-order valence-corrected chi connectivity index (χ0v) is 11.8. The summed E-state index contributed by atoms with van der Waals surface area (Å²) in [5.74, 6) is -0.135. The fourth-order valence-electron chi connectivity index (χ4n) is 1.77. The predicted octanol–water partition coefficient (Wildman–Crippen LogP) is 1.66. The number of benzene rings is 1. The molecule has 3 N–H and O–H groups in total. The number of halogens is 1. The molecular weight excluding hydrogens is 276 g/mol. The molecule has 6 heteroatoms. The maximum Gasteiger partial charge on any atom is 0.254 e. The van der Waals surface area contributed by atoms with Crippen molar-refractivity contribution < 1.29 is 4.79 Å². The van der Waals surface area contributed by atoms with Crippen molar-refractivity contribution in [3.05, 3.63) is 52.8 Å². The van der Waals surface area contributed by atoms with Crippen LogP contribution in [0.1, 0.15) is 22.3 Å². The number of rotatable bonds is 6.